The highest BCUT2D eigenvalue weighted by atomic mass is 35.5. The number of likely N-dealkylation sites (tertiary alicyclic amines) is 2. The largest absolute Gasteiger partial charge is 0.342 e. The van der Waals surface area contributed by atoms with Crippen LogP contribution in [0.5, 0.6) is 0 Å². The zero-order valence-corrected chi connectivity index (χ0v) is 19.9. The molecule has 4 rings (SSSR count). The van der Waals surface area contributed by atoms with Crippen molar-refractivity contribution < 1.29 is 18.0 Å². The Bertz CT molecular complexity index is 1110. The minimum absolute atomic E-state index is 0.0458. The number of nitrogens with one attached hydrogen (secondary N) is 1. The average Bonchev–Trinajstić information content (AvgIpc) is 3.38. The van der Waals surface area contributed by atoms with E-state index in [4.69, 9.17) is 11.6 Å². The Morgan fingerprint density at radius 2 is 1.61 bits per heavy atom. The van der Waals surface area contributed by atoms with Gasteiger partial charge in [0.2, 0.25) is 15.9 Å². The van der Waals surface area contributed by atoms with Crippen LogP contribution in [0.2, 0.25) is 5.02 Å². The van der Waals surface area contributed by atoms with Crippen LogP contribution in [-0.2, 0) is 21.4 Å². The predicted molar refractivity (Wildman–Crippen MR) is 126 cm³/mol. The summed E-state index contributed by atoms with van der Waals surface area (Å²) in [5, 5.41) is 0.0574. The number of rotatable bonds is 6. The standard InChI is InChI=1S/C24H28ClN3O4S/c25-21-9-8-20(16-22(21)33(31,32)26-17-18-6-2-1-3-7-18)24(30)28-14-10-19(11-15-28)23(29)27-12-4-5-13-27/h1-3,6-9,16,19,26H,4-5,10-15,17H2. The van der Waals surface area contributed by atoms with Crippen LogP contribution in [0.3, 0.4) is 0 Å². The lowest BCUT2D eigenvalue weighted by molar-refractivity contribution is -0.135. The minimum Gasteiger partial charge on any atom is -0.342 e. The Morgan fingerprint density at radius 3 is 2.27 bits per heavy atom. The molecule has 9 heteroatoms. The lowest BCUT2D eigenvalue weighted by Gasteiger charge is -2.33. The highest BCUT2D eigenvalue weighted by molar-refractivity contribution is 7.89. The lowest BCUT2D eigenvalue weighted by atomic mass is 9.95. The second-order valence-corrected chi connectivity index (χ2v) is 10.7. The van der Waals surface area contributed by atoms with Crippen LogP contribution < -0.4 is 4.72 Å². The van der Waals surface area contributed by atoms with Gasteiger partial charge in [0.25, 0.3) is 5.91 Å². The Labute approximate surface area is 199 Å². The molecule has 176 valence electrons. The van der Waals surface area contributed by atoms with E-state index in [1.807, 2.05) is 35.2 Å². The number of carbonyl (C=O) groups excluding carboxylic acids is 2. The van der Waals surface area contributed by atoms with Gasteiger partial charge in [0.05, 0.1) is 5.02 Å². The quantitative estimate of drug-likeness (QED) is 0.674. The Morgan fingerprint density at radius 1 is 0.939 bits per heavy atom. The SMILES string of the molecule is O=C(c1ccc(Cl)c(S(=O)(=O)NCc2ccccc2)c1)N1CCC(C(=O)N2CCCC2)CC1. The molecular weight excluding hydrogens is 462 g/mol. The average molecular weight is 490 g/mol. The van der Waals surface area contributed by atoms with Gasteiger partial charge in [0.15, 0.2) is 0 Å². The molecule has 2 aromatic rings. The highest BCUT2D eigenvalue weighted by Crippen LogP contribution is 2.26. The number of amides is 2. The van der Waals surface area contributed by atoms with E-state index < -0.39 is 10.0 Å². The Balaban J connectivity index is 1.41. The van der Waals surface area contributed by atoms with E-state index in [1.54, 1.807) is 11.0 Å². The van der Waals surface area contributed by atoms with Gasteiger partial charge in [-0.1, -0.05) is 41.9 Å². The molecule has 2 amide bonds. The summed E-state index contributed by atoms with van der Waals surface area (Å²) in [6.07, 6.45) is 3.37. The molecule has 2 aliphatic rings. The van der Waals surface area contributed by atoms with Crippen molar-refractivity contribution in [3.63, 3.8) is 0 Å². The fraction of sp³-hybridized carbons (Fsp3) is 0.417. The predicted octanol–water partition coefficient (Wildman–Crippen LogP) is 3.29. The smallest absolute Gasteiger partial charge is 0.253 e. The Kier molecular flexibility index (Phi) is 7.36. The summed E-state index contributed by atoms with van der Waals surface area (Å²) in [6, 6.07) is 13.5. The third-order valence-corrected chi connectivity index (χ3v) is 8.21. The molecule has 2 aromatic carbocycles. The van der Waals surface area contributed by atoms with Crippen LogP contribution in [-0.4, -0.2) is 56.2 Å². The van der Waals surface area contributed by atoms with Crippen LogP contribution >= 0.6 is 11.6 Å². The molecule has 0 radical (unpaired) electrons. The van der Waals surface area contributed by atoms with Crippen LogP contribution in [0.1, 0.15) is 41.6 Å². The summed E-state index contributed by atoms with van der Waals surface area (Å²) in [6.45, 7) is 2.73. The second-order valence-electron chi connectivity index (χ2n) is 8.55. The van der Waals surface area contributed by atoms with Crippen LogP contribution in [0.25, 0.3) is 0 Å². The molecule has 0 spiro atoms. The zero-order chi connectivity index (χ0) is 23.4. The molecule has 2 fully saturated rings. The van der Waals surface area contributed by atoms with Gasteiger partial charge in [-0.2, -0.15) is 0 Å². The number of hydrogen-bond donors (Lipinski definition) is 1. The summed E-state index contributed by atoms with van der Waals surface area (Å²) < 4.78 is 28.3. The third-order valence-electron chi connectivity index (χ3n) is 6.33. The van der Waals surface area contributed by atoms with Gasteiger partial charge >= 0.3 is 0 Å². The van der Waals surface area contributed by atoms with E-state index >= 15 is 0 Å². The molecule has 33 heavy (non-hydrogen) atoms. The first-order valence-corrected chi connectivity index (χ1v) is 13.1. The van der Waals surface area contributed by atoms with Crippen LogP contribution in [0.15, 0.2) is 53.4 Å². The summed E-state index contributed by atoms with van der Waals surface area (Å²) in [5.74, 6) is -0.0993. The van der Waals surface area contributed by atoms with E-state index in [9.17, 15) is 18.0 Å². The first-order valence-electron chi connectivity index (χ1n) is 11.3. The molecule has 0 atom stereocenters. The van der Waals surface area contributed by atoms with Gasteiger partial charge in [-0.3, -0.25) is 9.59 Å². The second kappa shape index (κ2) is 10.2. The topological polar surface area (TPSA) is 86.8 Å². The van der Waals surface area contributed by atoms with Crippen LogP contribution in [0, 0.1) is 5.92 Å². The number of halogens is 1. The van der Waals surface area contributed by atoms with Crippen molar-refractivity contribution in [3.8, 4) is 0 Å². The van der Waals surface area contributed by atoms with Crippen molar-refractivity contribution in [1.29, 1.82) is 0 Å². The number of piperidine rings is 1. The molecule has 0 bridgehead atoms. The maximum atomic E-state index is 13.1. The van der Waals surface area contributed by atoms with Crippen molar-refractivity contribution in [2.24, 2.45) is 5.92 Å². The van der Waals surface area contributed by atoms with Gasteiger partial charge in [0, 0.05) is 44.2 Å². The normalized spacial score (nSPS) is 17.4. The molecule has 0 aliphatic carbocycles. The maximum Gasteiger partial charge on any atom is 0.253 e. The molecular formula is C24H28ClN3O4S. The maximum absolute atomic E-state index is 13.1. The zero-order valence-electron chi connectivity index (χ0n) is 18.4. The van der Waals surface area contributed by atoms with E-state index in [1.165, 1.54) is 12.1 Å². The molecule has 1 N–H and O–H groups in total. The van der Waals surface area contributed by atoms with E-state index in [2.05, 4.69) is 4.72 Å². The minimum atomic E-state index is -3.91. The summed E-state index contributed by atoms with van der Waals surface area (Å²) >= 11 is 6.18. The Hall–Kier alpha value is -2.42. The number of sulfonamides is 1. The first-order chi connectivity index (χ1) is 15.8. The van der Waals surface area contributed by atoms with Gasteiger partial charge in [-0.05, 0) is 49.4 Å². The van der Waals surface area contributed by atoms with Crippen molar-refractivity contribution in [3.05, 3.63) is 64.7 Å². The molecule has 2 saturated heterocycles. The first kappa shape index (κ1) is 23.7. The van der Waals surface area contributed by atoms with Crippen molar-refractivity contribution in [1.82, 2.24) is 14.5 Å². The van der Waals surface area contributed by atoms with Gasteiger partial charge in [0.1, 0.15) is 4.90 Å². The summed E-state index contributed by atoms with van der Waals surface area (Å²) in [4.78, 5) is 29.2. The number of carbonyl (C=O) groups is 2. The number of nitrogens with zero attached hydrogens (tertiary/aromatic N) is 2. The van der Waals surface area contributed by atoms with E-state index in [0.717, 1.165) is 31.5 Å². The molecule has 0 unspecified atom stereocenters. The number of benzene rings is 2. The van der Waals surface area contributed by atoms with Crippen molar-refractivity contribution >= 4 is 33.4 Å². The van der Waals surface area contributed by atoms with Crippen LogP contribution in [0.4, 0.5) is 0 Å². The molecule has 0 saturated carbocycles. The fourth-order valence-electron chi connectivity index (χ4n) is 4.40. The highest BCUT2D eigenvalue weighted by Gasteiger charge is 2.32. The molecule has 2 aliphatic heterocycles. The van der Waals surface area contributed by atoms with E-state index in [-0.39, 0.29) is 39.8 Å². The van der Waals surface area contributed by atoms with Gasteiger partial charge in [-0.15, -0.1) is 0 Å². The van der Waals surface area contributed by atoms with Gasteiger partial charge in [-0.25, -0.2) is 13.1 Å². The van der Waals surface area contributed by atoms with Gasteiger partial charge < -0.3 is 9.80 Å². The van der Waals surface area contributed by atoms with Crippen molar-refractivity contribution in [2.75, 3.05) is 26.2 Å². The molecule has 2 heterocycles. The molecule has 7 nitrogen and oxygen atoms in total. The fourth-order valence-corrected chi connectivity index (χ4v) is 5.94. The third kappa shape index (κ3) is 5.57. The monoisotopic (exact) mass is 489 g/mol. The number of hydrogen-bond acceptors (Lipinski definition) is 4. The summed E-state index contributed by atoms with van der Waals surface area (Å²) in [5.41, 5.74) is 1.08. The van der Waals surface area contributed by atoms with E-state index in [0.29, 0.717) is 25.9 Å². The molecule has 0 aromatic heterocycles. The summed E-state index contributed by atoms with van der Waals surface area (Å²) in [7, 11) is -3.91. The van der Waals surface area contributed by atoms with Crippen molar-refractivity contribution in [2.45, 2.75) is 37.1 Å². The lowest BCUT2D eigenvalue weighted by Crippen LogP contribution is -2.43.